The maximum Gasteiger partial charge on any atom is 0.277 e. The summed E-state index contributed by atoms with van der Waals surface area (Å²) < 4.78 is 0. The van der Waals surface area contributed by atoms with Crippen LogP contribution in [0.1, 0.15) is 6.92 Å². The minimum atomic E-state index is -0.745. The molecule has 0 unspecified atom stereocenters. The van der Waals surface area contributed by atoms with Crippen LogP contribution in [0.25, 0.3) is 0 Å². The number of allylic oxidation sites excluding steroid dienone is 1. The maximum absolute atomic E-state index is 7.72. The molecule has 0 aromatic carbocycles. The zero-order valence-corrected chi connectivity index (χ0v) is 2.89. The number of rotatable bonds is 0. The Morgan fingerprint density at radius 3 is 1.80 bits per heavy atom. The van der Waals surface area contributed by atoms with Gasteiger partial charge in [-0.15, -0.1) is 0 Å². The molecule has 0 aliphatic rings. The van der Waals surface area contributed by atoms with E-state index in [4.69, 9.17) is 10.2 Å². The first-order valence-corrected chi connectivity index (χ1v) is 1.20. The summed E-state index contributed by atoms with van der Waals surface area (Å²) in [5.41, 5.74) is 0. The Hall–Kier alpha value is -0.660. The van der Waals surface area contributed by atoms with E-state index in [2.05, 4.69) is 6.08 Å². The third kappa shape index (κ3) is 3.34. The van der Waals surface area contributed by atoms with Gasteiger partial charge in [0.25, 0.3) is 5.95 Å². The fourth-order valence-corrected chi connectivity index (χ4v) is 0. The zero-order chi connectivity index (χ0) is 4.28. The predicted molar refractivity (Wildman–Crippen MR) is 17.7 cm³/mol. The van der Waals surface area contributed by atoms with E-state index >= 15 is 0 Å². The molecule has 29 valence electrons. The molecule has 0 rings (SSSR count). The molecule has 0 fully saturated rings. The van der Waals surface area contributed by atoms with E-state index < -0.39 is 5.95 Å². The van der Waals surface area contributed by atoms with Gasteiger partial charge < -0.3 is 10.2 Å². The summed E-state index contributed by atoms with van der Waals surface area (Å²) in [7, 11) is 0. The van der Waals surface area contributed by atoms with Crippen LogP contribution < -0.4 is 0 Å². The predicted octanol–water partition coefficient (Wildman–Crippen LogP) is 0.767. The fraction of sp³-hybridized carbons (Fsp3) is 0.333. The Labute approximate surface area is 30.4 Å². The number of aliphatic hydroxyl groups excluding tert-OH is 1. The van der Waals surface area contributed by atoms with Gasteiger partial charge in [-0.05, 0) is 6.92 Å². The minimum absolute atomic E-state index is 0.745. The second kappa shape index (κ2) is 1.64. The lowest BCUT2D eigenvalue weighted by atomic mass is 10.7. The summed E-state index contributed by atoms with van der Waals surface area (Å²) >= 11 is 0. The first kappa shape index (κ1) is 4.34. The van der Waals surface area contributed by atoms with E-state index in [-0.39, 0.29) is 0 Å². The minimum Gasteiger partial charge on any atom is -0.481 e. The lowest BCUT2D eigenvalue weighted by molar-refractivity contribution is 0.187. The van der Waals surface area contributed by atoms with Gasteiger partial charge in [0.2, 0.25) is 0 Å². The maximum atomic E-state index is 7.72. The highest BCUT2D eigenvalue weighted by atomic mass is 16.5. The van der Waals surface area contributed by atoms with E-state index in [1.54, 1.807) is 0 Å². The van der Waals surface area contributed by atoms with E-state index in [9.17, 15) is 0 Å². The smallest absolute Gasteiger partial charge is 0.277 e. The summed E-state index contributed by atoms with van der Waals surface area (Å²) in [6.45, 7) is 1.41. The summed E-state index contributed by atoms with van der Waals surface area (Å²) in [6.07, 6.45) is 2.06. The molecule has 0 saturated heterocycles. The molecule has 1 radical (unpaired) electrons. The summed E-state index contributed by atoms with van der Waals surface area (Å²) in [6, 6.07) is 0. The van der Waals surface area contributed by atoms with Crippen molar-refractivity contribution in [3.8, 4) is 0 Å². The Bertz CT molecular complexity index is 42.9. The molecule has 0 amide bonds. The molecule has 0 saturated carbocycles. The third-order valence-electron chi connectivity index (χ3n) is 0.224. The average molecular weight is 73.1 g/mol. The standard InChI is InChI=1S/C3H5O2/c1-2-3(4)5/h4-5H,1H3. The van der Waals surface area contributed by atoms with Gasteiger partial charge in [0, 0.05) is 6.08 Å². The van der Waals surface area contributed by atoms with Crippen LogP contribution in [0.15, 0.2) is 5.95 Å². The van der Waals surface area contributed by atoms with Crippen molar-refractivity contribution in [2.24, 2.45) is 0 Å². The SMILES string of the molecule is C[C]=C(O)O. The van der Waals surface area contributed by atoms with Crippen molar-refractivity contribution in [1.29, 1.82) is 0 Å². The van der Waals surface area contributed by atoms with Crippen LogP contribution in [0.4, 0.5) is 0 Å². The van der Waals surface area contributed by atoms with E-state index in [0.717, 1.165) is 0 Å². The molecule has 0 aromatic heterocycles. The molecule has 0 spiro atoms. The van der Waals surface area contributed by atoms with Gasteiger partial charge in [0.15, 0.2) is 0 Å². The lowest BCUT2D eigenvalue weighted by Crippen LogP contribution is -1.69. The Morgan fingerprint density at radius 2 is 1.80 bits per heavy atom. The Kier molecular flexibility index (Phi) is 1.42. The highest BCUT2D eigenvalue weighted by molar-refractivity contribution is 4.61. The second-order valence-corrected chi connectivity index (χ2v) is 0.574. The van der Waals surface area contributed by atoms with Crippen molar-refractivity contribution in [3.05, 3.63) is 12.0 Å². The Balaban J connectivity index is 3.14. The third-order valence-corrected chi connectivity index (χ3v) is 0.224. The topological polar surface area (TPSA) is 40.5 Å². The highest BCUT2D eigenvalue weighted by Gasteiger charge is 1.68. The van der Waals surface area contributed by atoms with Crippen molar-refractivity contribution >= 4 is 0 Å². The number of aliphatic hydroxyl groups is 2. The van der Waals surface area contributed by atoms with Crippen LogP contribution >= 0.6 is 0 Å². The number of hydrogen-bond donors (Lipinski definition) is 2. The van der Waals surface area contributed by atoms with E-state index in [1.807, 2.05) is 0 Å². The molecule has 2 nitrogen and oxygen atoms in total. The van der Waals surface area contributed by atoms with Crippen molar-refractivity contribution in [3.63, 3.8) is 0 Å². The van der Waals surface area contributed by atoms with Gasteiger partial charge in [-0.3, -0.25) is 0 Å². The van der Waals surface area contributed by atoms with E-state index in [0.29, 0.717) is 0 Å². The van der Waals surface area contributed by atoms with Crippen LogP contribution in [0, 0.1) is 6.08 Å². The molecule has 0 heterocycles. The number of hydrogen-bond acceptors (Lipinski definition) is 2. The molecule has 0 atom stereocenters. The molecule has 2 heteroatoms. The second-order valence-electron chi connectivity index (χ2n) is 0.574. The van der Waals surface area contributed by atoms with Crippen LogP contribution in [0.5, 0.6) is 0 Å². The summed E-state index contributed by atoms with van der Waals surface area (Å²) in [5, 5.41) is 15.4. The molecular weight excluding hydrogens is 68.0 g/mol. The monoisotopic (exact) mass is 73.0 g/mol. The summed E-state index contributed by atoms with van der Waals surface area (Å²) in [5.74, 6) is -0.745. The molecule has 0 bridgehead atoms. The molecule has 0 aromatic rings. The first-order chi connectivity index (χ1) is 2.27. The van der Waals surface area contributed by atoms with Crippen LogP contribution in [0.2, 0.25) is 0 Å². The highest BCUT2D eigenvalue weighted by Crippen LogP contribution is 1.69. The normalized spacial score (nSPS) is 6.60. The first-order valence-electron chi connectivity index (χ1n) is 1.20. The quantitative estimate of drug-likeness (QED) is 0.416. The largest absolute Gasteiger partial charge is 0.481 e. The van der Waals surface area contributed by atoms with Crippen LogP contribution in [0.3, 0.4) is 0 Å². The van der Waals surface area contributed by atoms with Gasteiger partial charge in [0.05, 0.1) is 0 Å². The van der Waals surface area contributed by atoms with Crippen LogP contribution in [-0.2, 0) is 0 Å². The Morgan fingerprint density at radius 1 is 1.60 bits per heavy atom. The van der Waals surface area contributed by atoms with Gasteiger partial charge >= 0.3 is 0 Å². The molecule has 5 heavy (non-hydrogen) atoms. The van der Waals surface area contributed by atoms with Crippen molar-refractivity contribution < 1.29 is 10.2 Å². The summed E-state index contributed by atoms with van der Waals surface area (Å²) in [4.78, 5) is 0. The van der Waals surface area contributed by atoms with Crippen molar-refractivity contribution in [2.75, 3.05) is 0 Å². The average Bonchev–Trinajstić information content (AvgIpc) is 1.38. The van der Waals surface area contributed by atoms with Gasteiger partial charge in [0.1, 0.15) is 0 Å². The lowest BCUT2D eigenvalue weighted by Gasteiger charge is -1.74. The molecule has 2 N–H and O–H groups in total. The van der Waals surface area contributed by atoms with Gasteiger partial charge in [-0.1, -0.05) is 0 Å². The molecular formula is C3H5O2. The van der Waals surface area contributed by atoms with Gasteiger partial charge in [-0.2, -0.15) is 0 Å². The van der Waals surface area contributed by atoms with E-state index in [1.165, 1.54) is 6.92 Å². The van der Waals surface area contributed by atoms with Gasteiger partial charge in [-0.25, -0.2) is 0 Å². The molecule has 0 aliphatic carbocycles. The van der Waals surface area contributed by atoms with Crippen molar-refractivity contribution in [2.45, 2.75) is 6.92 Å². The van der Waals surface area contributed by atoms with Crippen LogP contribution in [-0.4, -0.2) is 10.2 Å². The van der Waals surface area contributed by atoms with Crippen molar-refractivity contribution in [1.82, 2.24) is 0 Å². The molecule has 0 aliphatic heterocycles. The zero-order valence-electron chi connectivity index (χ0n) is 2.89. The fourth-order valence-electron chi connectivity index (χ4n) is 0.